The van der Waals surface area contributed by atoms with Crippen LogP contribution in [0.15, 0.2) is 34.1 Å². The highest BCUT2D eigenvalue weighted by atomic mass is 79.9. The lowest BCUT2D eigenvalue weighted by atomic mass is 10.1. The van der Waals surface area contributed by atoms with Crippen molar-refractivity contribution >= 4 is 50.5 Å². The third kappa shape index (κ3) is 2.62. The van der Waals surface area contributed by atoms with E-state index in [1.54, 1.807) is 11.3 Å². The first-order valence-electron chi connectivity index (χ1n) is 4.73. The van der Waals surface area contributed by atoms with Gasteiger partial charge in [-0.1, -0.05) is 23.7 Å². The number of aryl methyl sites for hydroxylation is 1. The first kappa shape index (κ1) is 12.4. The minimum Gasteiger partial charge on any atom is -0.131 e. The number of thiophene rings is 1. The standard InChI is InChI=1S/C12H9BrCl2S/c1-7-2-3-8(9(14)6-7)12(15)10-4-5-11(13)16-10/h2-6,12H,1H3. The van der Waals surface area contributed by atoms with Gasteiger partial charge in [-0.2, -0.15) is 0 Å². The molecule has 2 aromatic rings. The van der Waals surface area contributed by atoms with Crippen molar-refractivity contribution in [2.75, 3.05) is 0 Å². The maximum absolute atomic E-state index is 6.41. The molecular formula is C12H9BrCl2S. The van der Waals surface area contributed by atoms with Crippen LogP contribution in [-0.4, -0.2) is 0 Å². The SMILES string of the molecule is Cc1ccc(C(Cl)c2ccc(Br)s2)c(Cl)c1. The number of hydrogen-bond acceptors (Lipinski definition) is 1. The molecule has 0 N–H and O–H groups in total. The first-order chi connectivity index (χ1) is 7.58. The summed E-state index contributed by atoms with van der Waals surface area (Å²) in [5, 5.41) is 0.550. The van der Waals surface area contributed by atoms with Crippen LogP contribution in [0.25, 0.3) is 0 Å². The molecule has 1 aromatic carbocycles. The van der Waals surface area contributed by atoms with E-state index >= 15 is 0 Å². The van der Waals surface area contributed by atoms with Gasteiger partial charge in [0, 0.05) is 9.90 Å². The summed E-state index contributed by atoms with van der Waals surface area (Å²) >= 11 is 17.7. The fourth-order valence-corrected chi connectivity index (χ4v) is 3.67. The van der Waals surface area contributed by atoms with Gasteiger partial charge < -0.3 is 0 Å². The van der Waals surface area contributed by atoms with E-state index in [9.17, 15) is 0 Å². The zero-order chi connectivity index (χ0) is 11.7. The molecule has 1 unspecified atom stereocenters. The van der Waals surface area contributed by atoms with E-state index in [1.165, 1.54) is 0 Å². The minimum absolute atomic E-state index is 0.176. The molecule has 16 heavy (non-hydrogen) atoms. The molecule has 0 bridgehead atoms. The van der Waals surface area contributed by atoms with E-state index in [0.717, 1.165) is 24.8 Å². The third-order valence-electron chi connectivity index (χ3n) is 2.27. The average Bonchev–Trinajstić information content (AvgIpc) is 2.64. The highest BCUT2D eigenvalue weighted by Gasteiger charge is 2.15. The Morgan fingerprint density at radius 1 is 1.25 bits per heavy atom. The lowest BCUT2D eigenvalue weighted by Crippen LogP contribution is -1.91. The molecule has 1 aromatic heterocycles. The van der Waals surface area contributed by atoms with Crippen LogP contribution >= 0.6 is 50.5 Å². The molecule has 1 heterocycles. The van der Waals surface area contributed by atoms with Crippen LogP contribution in [0.1, 0.15) is 21.4 Å². The lowest BCUT2D eigenvalue weighted by molar-refractivity contribution is 1.18. The van der Waals surface area contributed by atoms with Crippen molar-refractivity contribution in [1.82, 2.24) is 0 Å². The number of halogens is 3. The summed E-state index contributed by atoms with van der Waals surface area (Å²) in [6, 6.07) is 9.97. The largest absolute Gasteiger partial charge is 0.131 e. The second-order valence-corrected chi connectivity index (χ2v) is 6.87. The van der Waals surface area contributed by atoms with Crippen molar-refractivity contribution in [2.45, 2.75) is 12.3 Å². The Hall–Kier alpha value is -0.0200. The lowest BCUT2D eigenvalue weighted by Gasteiger charge is -2.10. The molecule has 2 rings (SSSR count). The first-order valence-corrected chi connectivity index (χ1v) is 7.15. The molecule has 0 amide bonds. The summed E-state index contributed by atoms with van der Waals surface area (Å²) in [6.45, 7) is 2.01. The Kier molecular flexibility index (Phi) is 3.96. The van der Waals surface area contributed by atoms with Crippen molar-refractivity contribution in [3.63, 3.8) is 0 Å². The molecule has 0 saturated heterocycles. The number of alkyl halides is 1. The van der Waals surface area contributed by atoms with Gasteiger partial charge >= 0.3 is 0 Å². The van der Waals surface area contributed by atoms with E-state index in [2.05, 4.69) is 15.9 Å². The van der Waals surface area contributed by atoms with Crippen LogP contribution in [0.2, 0.25) is 5.02 Å². The van der Waals surface area contributed by atoms with Crippen molar-refractivity contribution in [3.05, 3.63) is 55.1 Å². The summed E-state index contributed by atoms with van der Waals surface area (Å²) in [6.07, 6.45) is 0. The Balaban J connectivity index is 2.37. The molecule has 0 fully saturated rings. The average molecular weight is 336 g/mol. The fraction of sp³-hybridized carbons (Fsp3) is 0.167. The zero-order valence-electron chi connectivity index (χ0n) is 8.51. The molecule has 0 radical (unpaired) electrons. The van der Waals surface area contributed by atoms with Gasteiger partial charge in [0.2, 0.25) is 0 Å². The molecule has 0 spiro atoms. The van der Waals surface area contributed by atoms with E-state index in [4.69, 9.17) is 23.2 Å². The second-order valence-electron chi connectivity index (χ2n) is 3.53. The van der Waals surface area contributed by atoms with Crippen LogP contribution in [0.4, 0.5) is 0 Å². The maximum atomic E-state index is 6.41. The Labute approximate surface area is 117 Å². The monoisotopic (exact) mass is 334 g/mol. The number of benzene rings is 1. The Morgan fingerprint density at radius 3 is 2.56 bits per heavy atom. The quantitative estimate of drug-likeness (QED) is 0.608. The Bertz CT molecular complexity index is 507. The van der Waals surface area contributed by atoms with Crippen molar-refractivity contribution in [1.29, 1.82) is 0 Å². The van der Waals surface area contributed by atoms with Crippen LogP contribution in [0.3, 0.4) is 0 Å². The smallest absolute Gasteiger partial charge is 0.0942 e. The maximum Gasteiger partial charge on any atom is 0.0942 e. The van der Waals surface area contributed by atoms with E-state index < -0.39 is 0 Å². The molecule has 1 atom stereocenters. The van der Waals surface area contributed by atoms with E-state index in [0.29, 0.717) is 0 Å². The molecule has 0 nitrogen and oxygen atoms in total. The van der Waals surface area contributed by atoms with Gasteiger partial charge in [0.15, 0.2) is 0 Å². The molecule has 84 valence electrons. The van der Waals surface area contributed by atoms with Gasteiger partial charge in [-0.05, 0) is 52.2 Å². The van der Waals surface area contributed by atoms with Gasteiger partial charge in [0.1, 0.15) is 0 Å². The van der Waals surface area contributed by atoms with Crippen LogP contribution in [0, 0.1) is 6.92 Å². The summed E-state index contributed by atoms with van der Waals surface area (Å²) in [5.41, 5.74) is 2.10. The van der Waals surface area contributed by atoms with Crippen molar-refractivity contribution in [2.24, 2.45) is 0 Å². The number of hydrogen-bond donors (Lipinski definition) is 0. The summed E-state index contributed by atoms with van der Waals surface area (Å²) in [5.74, 6) is 0. The highest BCUT2D eigenvalue weighted by molar-refractivity contribution is 9.11. The minimum atomic E-state index is -0.176. The Morgan fingerprint density at radius 2 is 2.00 bits per heavy atom. The summed E-state index contributed by atoms with van der Waals surface area (Å²) < 4.78 is 1.08. The van der Waals surface area contributed by atoms with Crippen molar-refractivity contribution < 1.29 is 0 Å². The van der Waals surface area contributed by atoms with E-state index in [1.807, 2.05) is 37.3 Å². The van der Waals surface area contributed by atoms with Crippen LogP contribution < -0.4 is 0 Å². The molecular weight excluding hydrogens is 327 g/mol. The number of rotatable bonds is 2. The fourth-order valence-electron chi connectivity index (χ4n) is 1.46. The second kappa shape index (κ2) is 5.09. The van der Waals surface area contributed by atoms with Crippen LogP contribution in [0.5, 0.6) is 0 Å². The van der Waals surface area contributed by atoms with E-state index in [-0.39, 0.29) is 5.38 Å². The predicted molar refractivity (Wildman–Crippen MR) is 75.9 cm³/mol. The zero-order valence-corrected chi connectivity index (χ0v) is 12.4. The van der Waals surface area contributed by atoms with Crippen LogP contribution in [-0.2, 0) is 0 Å². The van der Waals surface area contributed by atoms with Gasteiger partial charge in [0.05, 0.1) is 9.16 Å². The molecule has 0 aliphatic heterocycles. The van der Waals surface area contributed by atoms with Gasteiger partial charge in [-0.3, -0.25) is 0 Å². The molecule has 0 saturated carbocycles. The molecule has 0 aliphatic rings. The van der Waals surface area contributed by atoms with Gasteiger partial charge in [-0.25, -0.2) is 0 Å². The normalized spacial score (nSPS) is 12.8. The summed E-state index contributed by atoms with van der Waals surface area (Å²) in [7, 11) is 0. The highest BCUT2D eigenvalue weighted by Crippen LogP contribution is 2.38. The van der Waals surface area contributed by atoms with Gasteiger partial charge in [-0.15, -0.1) is 22.9 Å². The summed E-state index contributed by atoms with van der Waals surface area (Å²) in [4.78, 5) is 1.10. The van der Waals surface area contributed by atoms with Crippen molar-refractivity contribution in [3.8, 4) is 0 Å². The molecule has 4 heteroatoms. The van der Waals surface area contributed by atoms with Gasteiger partial charge in [0.25, 0.3) is 0 Å². The topological polar surface area (TPSA) is 0 Å². The third-order valence-corrected chi connectivity index (χ3v) is 4.89. The predicted octanol–water partition coefficient (Wildman–Crippen LogP) is 5.80. The molecule has 0 aliphatic carbocycles.